The lowest BCUT2D eigenvalue weighted by Crippen LogP contribution is -2.16. The molecule has 1 amide bonds. The van der Waals surface area contributed by atoms with Gasteiger partial charge in [0.2, 0.25) is 0 Å². The Bertz CT molecular complexity index is 609. The third-order valence-electron chi connectivity index (χ3n) is 3.00. The number of rotatable bonds is 5. The van der Waals surface area contributed by atoms with Crippen LogP contribution in [0, 0.1) is 0 Å². The molecule has 0 aliphatic heterocycles. The molecule has 0 bridgehead atoms. The highest BCUT2D eigenvalue weighted by molar-refractivity contribution is 5.86. The summed E-state index contributed by atoms with van der Waals surface area (Å²) in [5.74, 6) is 6.00. The Balaban J connectivity index is 1.91. The molecule has 2 rings (SSSR count). The summed E-state index contributed by atoms with van der Waals surface area (Å²) >= 11 is 0. The second-order valence-corrected chi connectivity index (χ2v) is 4.94. The Hall–Kier alpha value is -2.57. The predicted octanol–water partition coefficient (Wildman–Crippen LogP) is 3.61. The molecule has 0 aliphatic rings. The van der Waals surface area contributed by atoms with Gasteiger partial charge in [-0.25, -0.2) is 4.79 Å². The summed E-state index contributed by atoms with van der Waals surface area (Å²) in [6.07, 6.45) is -0.568. The minimum absolute atomic E-state index is 0.376. The van der Waals surface area contributed by atoms with E-state index in [9.17, 15) is 4.79 Å². The fourth-order valence-corrected chi connectivity index (χ4v) is 1.82. The summed E-state index contributed by atoms with van der Waals surface area (Å²) in [5.41, 5.74) is 1.88. The topological polar surface area (TPSA) is 82.8 Å². The van der Waals surface area contributed by atoms with Crippen molar-refractivity contribution in [3.05, 3.63) is 54.1 Å². The maximum absolute atomic E-state index is 11.8. The fourth-order valence-electron chi connectivity index (χ4n) is 1.82. The number of ether oxygens (including phenoxy) is 1. The summed E-state index contributed by atoms with van der Waals surface area (Å²) in [7, 11) is 0. The molecule has 2 aromatic rings. The number of hydrogen-bond acceptors (Lipinski definition) is 5. The molecule has 116 valence electrons. The van der Waals surface area contributed by atoms with Crippen molar-refractivity contribution in [3.63, 3.8) is 0 Å². The fraction of sp³-hybridized carbons (Fsp3) is 0.188. The quantitative estimate of drug-likeness (QED) is 0.651. The standard InChI is InChI=1S/C16H18N2O4/c1-11(2)12-3-5-13(6-4-12)18-16(19)20-14-7-9-15(10-8-14)21-22-17/h3-11H,17H2,1-2H3,(H,18,19). The zero-order valence-corrected chi connectivity index (χ0v) is 12.4. The zero-order chi connectivity index (χ0) is 15.9. The molecule has 0 saturated heterocycles. The summed E-state index contributed by atoms with van der Waals surface area (Å²) in [6.45, 7) is 4.22. The number of benzene rings is 2. The van der Waals surface area contributed by atoms with E-state index in [4.69, 9.17) is 10.6 Å². The van der Waals surface area contributed by atoms with Crippen LogP contribution >= 0.6 is 0 Å². The molecule has 2 aromatic carbocycles. The van der Waals surface area contributed by atoms with Gasteiger partial charge in [-0.1, -0.05) is 31.0 Å². The van der Waals surface area contributed by atoms with Gasteiger partial charge in [0.1, 0.15) is 5.75 Å². The van der Waals surface area contributed by atoms with E-state index in [0.717, 1.165) is 0 Å². The van der Waals surface area contributed by atoms with Crippen molar-refractivity contribution in [2.75, 3.05) is 5.32 Å². The van der Waals surface area contributed by atoms with Gasteiger partial charge in [-0.3, -0.25) is 5.32 Å². The maximum Gasteiger partial charge on any atom is 0.417 e. The Morgan fingerprint density at radius 1 is 1.00 bits per heavy atom. The van der Waals surface area contributed by atoms with E-state index in [-0.39, 0.29) is 0 Å². The van der Waals surface area contributed by atoms with Crippen molar-refractivity contribution >= 4 is 11.8 Å². The Labute approximate surface area is 128 Å². The molecule has 0 heterocycles. The van der Waals surface area contributed by atoms with Crippen LogP contribution in [0.4, 0.5) is 10.5 Å². The van der Waals surface area contributed by atoms with Crippen molar-refractivity contribution in [2.45, 2.75) is 19.8 Å². The minimum atomic E-state index is -0.568. The molecule has 3 N–H and O–H groups in total. The number of nitrogens with two attached hydrogens (primary N) is 1. The van der Waals surface area contributed by atoms with Crippen LogP contribution in [-0.4, -0.2) is 6.09 Å². The molecule has 0 radical (unpaired) electrons. The molecule has 22 heavy (non-hydrogen) atoms. The van der Waals surface area contributed by atoms with Crippen LogP contribution in [0.15, 0.2) is 48.5 Å². The lowest BCUT2D eigenvalue weighted by atomic mass is 10.0. The molecule has 0 aliphatic carbocycles. The van der Waals surface area contributed by atoms with Gasteiger partial charge in [-0.15, -0.1) is 0 Å². The van der Waals surface area contributed by atoms with Gasteiger partial charge < -0.3 is 9.62 Å². The average molecular weight is 302 g/mol. The van der Waals surface area contributed by atoms with Crippen LogP contribution in [0.3, 0.4) is 0 Å². The van der Waals surface area contributed by atoms with Crippen LogP contribution in [-0.2, 0) is 4.99 Å². The average Bonchev–Trinajstić information content (AvgIpc) is 2.50. The number of nitrogens with one attached hydrogen (secondary N) is 1. The molecule has 6 nitrogen and oxygen atoms in total. The normalized spacial score (nSPS) is 10.4. The zero-order valence-electron chi connectivity index (χ0n) is 12.4. The van der Waals surface area contributed by atoms with Crippen molar-refractivity contribution in [1.82, 2.24) is 0 Å². The molecule has 0 spiro atoms. The number of amides is 1. The number of carbonyl (C=O) groups is 1. The lowest BCUT2D eigenvalue weighted by molar-refractivity contribution is -0.211. The van der Waals surface area contributed by atoms with Gasteiger partial charge in [0.15, 0.2) is 5.75 Å². The number of anilines is 1. The van der Waals surface area contributed by atoms with Crippen molar-refractivity contribution in [3.8, 4) is 11.5 Å². The Morgan fingerprint density at radius 3 is 2.14 bits per heavy atom. The smallest absolute Gasteiger partial charge is 0.410 e. The second-order valence-electron chi connectivity index (χ2n) is 4.94. The second kappa shape index (κ2) is 7.44. The largest absolute Gasteiger partial charge is 0.417 e. The molecule has 0 fully saturated rings. The first-order valence-electron chi connectivity index (χ1n) is 6.80. The maximum atomic E-state index is 11.8. The van der Waals surface area contributed by atoms with Gasteiger partial charge >= 0.3 is 6.09 Å². The van der Waals surface area contributed by atoms with E-state index >= 15 is 0 Å². The van der Waals surface area contributed by atoms with E-state index in [1.54, 1.807) is 24.3 Å². The molecular formula is C16H18N2O4. The summed E-state index contributed by atoms with van der Waals surface area (Å²) in [5, 5.41) is 2.66. The van der Waals surface area contributed by atoms with Gasteiger partial charge in [-0.05, 0) is 47.9 Å². The summed E-state index contributed by atoms with van der Waals surface area (Å²) in [4.78, 5) is 20.4. The third kappa shape index (κ3) is 4.47. The van der Waals surface area contributed by atoms with E-state index < -0.39 is 6.09 Å². The van der Waals surface area contributed by atoms with Crippen LogP contribution in [0.5, 0.6) is 11.5 Å². The first-order valence-corrected chi connectivity index (χ1v) is 6.80. The highest BCUT2D eigenvalue weighted by atomic mass is 17.3. The summed E-state index contributed by atoms with van der Waals surface area (Å²) < 4.78 is 5.15. The van der Waals surface area contributed by atoms with Gasteiger partial charge in [0, 0.05) is 5.69 Å². The molecule has 0 saturated carbocycles. The first-order chi connectivity index (χ1) is 10.6. The Kier molecular flexibility index (Phi) is 5.35. The van der Waals surface area contributed by atoms with Crippen LogP contribution in [0.2, 0.25) is 0 Å². The third-order valence-corrected chi connectivity index (χ3v) is 3.00. The van der Waals surface area contributed by atoms with E-state index in [2.05, 4.69) is 29.0 Å². The molecule has 0 unspecified atom stereocenters. The monoisotopic (exact) mass is 302 g/mol. The van der Waals surface area contributed by atoms with Crippen LogP contribution in [0.1, 0.15) is 25.3 Å². The number of carbonyl (C=O) groups excluding carboxylic acids is 1. The minimum Gasteiger partial charge on any atom is -0.410 e. The lowest BCUT2D eigenvalue weighted by Gasteiger charge is -2.09. The molecule has 0 atom stereocenters. The molecular weight excluding hydrogens is 284 g/mol. The van der Waals surface area contributed by atoms with Crippen LogP contribution < -0.4 is 20.8 Å². The van der Waals surface area contributed by atoms with E-state index in [1.165, 1.54) is 5.56 Å². The van der Waals surface area contributed by atoms with E-state index in [1.807, 2.05) is 24.3 Å². The van der Waals surface area contributed by atoms with Gasteiger partial charge in [0.05, 0.1) is 0 Å². The van der Waals surface area contributed by atoms with Gasteiger partial charge in [-0.2, -0.15) is 5.90 Å². The van der Waals surface area contributed by atoms with Crippen molar-refractivity contribution in [1.29, 1.82) is 0 Å². The highest BCUT2D eigenvalue weighted by Gasteiger charge is 2.06. The van der Waals surface area contributed by atoms with Crippen molar-refractivity contribution in [2.24, 2.45) is 5.90 Å². The van der Waals surface area contributed by atoms with E-state index in [0.29, 0.717) is 23.1 Å². The van der Waals surface area contributed by atoms with Crippen LogP contribution in [0.25, 0.3) is 0 Å². The Morgan fingerprint density at radius 2 is 1.59 bits per heavy atom. The number of hydrogen-bond donors (Lipinski definition) is 2. The summed E-state index contributed by atoms with van der Waals surface area (Å²) in [6, 6.07) is 13.9. The highest BCUT2D eigenvalue weighted by Crippen LogP contribution is 2.19. The first kappa shape index (κ1) is 15.8. The molecule has 0 aromatic heterocycles. The van der Waals surface area contributed by atoms with Crippen molar-refractivity contribution < 1.29 is 19.4 Å². The molecule has 6 heteroatoms. The SMILES string of the molecule is CC(C)c1ccc(NC(=O)Oc2ccc(OON)cc2)cc1. The predicted molar refractivity (Wildman–Crippen MR) is 82.5 cm³/mol. The van der Waals surface area contributed by atoms with Gasteiger partial charge in [0.25, 0.3) is 0 Å².